The van der Waals surface area contributed by atoms with Crippen molar-refractivity contribution >= 4 is 32.6 Å². The number of halogens is 1. The second-order valence-electron chi connectivity index (χ2n) is 4.35. The first-order valence-electron chi connectivity index (χ1n) is 6.09. The lowest BCUT2D eigenvalue weighted by Gasteiger charge is -2.20. The van der Waals surface area contributed by atoms with Gasteiger partial charge in [-0.05, 0) is 26.0 Å². The van der Waals surface area contributed by atoms with Crippen molar-refractivity contribution in [2.45, 2.75) is 19.9 Å². The van der Waals surface area contributed by atoms with Crippen LogP contribution in [0.25, 0.3) is 10.2 Å². The molecular formula is C13H16FN3OS. The molecule has 2 rings (SSSR count). The molecule has 1 amide bonds. The van der Waals surface area contributed by atoms with E-state index in [-0.39, 0.29) is 17.8 Å². The molecule has 1 atom stereocenters. The van der Waals surface area contributed by atoms with Gasteiger partial charge in [0, 0.05) is 19.7 Å². The van der Waals surface area contributed by atoms with E-state index in [2.05, 4.69) is 10.3 Å². The number of thiazole rings is 1. The van der Waals surface area contributed by atoms with E-state index in [9.17, 15) is 9.18 Å². The summed E-state index contributed by atoms with van der Waals surface area (Å²) in [6.45, 7) is 4.38. The van der Waals surface area contributed by atoms with Crippen molar-refractivity contribution in [3.8, 4) is 0 Å². The number of carbonyl (C=O) groups excluding carboxylic acids is 1. The van der Waals surface area contributed by atoms with Crippen molar-refractivity contribution in [2.24, 2.45) is 0 Å². The second-order valence-corrected chi connectivity index (χ2v) is 5.38. The molecule has 1 unspecified atom stereocenters. The fraction of sp³-hybridized carbons (Fsp3) is 0.385. The van der Waals surface area contributed by atoms with Crippen LogP contribution in [0.5, 0.6) is 0 Å². The van der Waals surface area contributed by atoms with E-state index in [1.54, 1.807) is 24.9 Å². The van der Waals surface area contributed by atoms with E-state index >= 15 is 0 Å². The summed E-state index contributed by atoms with van der Waals surface area (Å²) in [6, 6.07) is 4.14. The van der Waals surface area contributed by atoms with Gasteiger partial charge in [0.25, 0.3) is 0 Å². The monoisotopic (exact) mass is 281 g/mol. The molecule has 0 radical (unpaired) electrons. The summed E-state index contributed by atoms with van der Waals surface area (Å²) in [4.78, 5) is 17.8. The zero-order valence-electron chi connectivity index (χ0n) is 11.1. The number of fused-ring (bicyclic) bond motifs is 1. The molecule has 1 aromatic carbocycles. The van der Waals surface area contributed by atoms with Crippen molar-refractivity contribution in [1.82, 2.24) is 9.88 Å². The van der Waals surface area contributed by atoms with Gasteiger partial charge in [-0.2, -0.15) is 0 Å². The average Bonchev–Trinajstić information content (AvgIpc) is 2.77. The van der Waals surface area contributed by atoms with Crippen molar-refractivity contribution in [1.29, 1.82) is 0 Å². The van der Waals surface area contributed by atoms with Crippen LogP contribution >= 0.6 is 11.3 Å². The van der Waals surface area contributed by atoms with Gasteiger partial charge in [0.05, 0.1) is 10.2 Å². The summed E-state index contributed by atoms with van der Waals surface area (Å²) in [5.74, 6) is -0.299. The zero-order valence-corrected chi connectivity index (χ0v) is 11.9. The quantitative estimate of drug-likeness (QED) is 0.937. The Hall–Kier alpha value is -1.69. The van der Waals surface area contributed by atoms with Crippen LogP contribution in [0.15, 0.2) is 18.2 Å². The van der Waals surface area contributed by atoms with Gasteiger partial charge in [-0.15, -0.1) is 0 Å². The predicted molar refractivity (Wildman–Crippen MR) is 76.0 cm³/mol. The molecule has 19 heavy (non-hydrogen) atoms. The molecule has 4 nitrogen and oxygen atoms in total. The molecule has 1 heterocycles. The first-order chi connectivity index (χ1) is 9.01. The highest BCUT2D eigenvalue weighted by atomic mass is 32.1. The number of carbonyl (C=O) groups is 1. The lowest BCUT2D eigenvalue weighted by atomic mass is 10.3. The Morgan fingerprint density at radius 3 is 3.00 bits per heavy atom. The van der Waals surface area contributed by atoms with Crippen molar-refractivity contribution in [3.63, 3.8) is 0 Å². The van der Waals surface area contributed by atoms with Gasteiger partial charge >= 0.3 is 0 Å². The Bertz CT molecular complexity index is 599. The summed E-state index contributed by atoms with van der Waals surface area (Å²) in [6.07, 6.45) is 0. The fourth-order valence-electron chi connectivity index (χ4n) is 1.70. The molecule has 0 spiro atoms. The molecule has 0 fully saturated rings. The predicted octanol–water partition coefficient (Wildman–Crippen LogP) is 2.71. The molecule has 0 saturated carbocycles. The van der Waals surface area contributed by atoms with Crippen LogP contribution < -0.4 is 5.32 Å². The Kier molecular flexibility index (Phi) is 3.99. The molecule has 2 aromatic rings. The molecule has 0 aliphatic carbocycles. The fourth-order valence-corrected chi connectivity index (χ4v) is 2.63. The Labute approximate surface area is 115 Å². The smallest absolute Gasteiger partial charge is 0.244 e. The minimum absolute atomic E-state index is 0.00735. The lowest BCUT2D eigenvalue weighted by molar-refractivity contribution is -0.130. The van der Waals surface area contributed by atoms with Crippen LogP contribution in [-0.2, 0) is 4.79 Å². The molecule has 1 aromatic heterocycles. The Morgan fingerprint density at radius 1 is 1.58 bits per heavy atom. The van der Waals surface area contributed by atoms with Gasteiger partial charge in [-0.25, -0.2) is 9.37 Å². The van der Waals surface area contributed by atoms with Crippen molar-refractivity contribution in [2.75, 3.05) is 18.9 Å². The number of anilines is 1. The first kappa shape index (κ1) is 13.7. The van der Waals surface area contributed by atoms with E-state index in [0.29, 0.717) is 17.2 Å². The molecule has 0 bridgehead atoms. The van der Waals surface area contributed by atoms with Crippen LogP contribution in [0.2, 0.25) is 0 Å². The van der Waals surface area contributed by atoms with Gasteiger partial charge in [0.1, 0.15) is 11.9 Å². The van der Waals surface area contributed by atoms with Crippen LogP contribution in [-0.4, -0.2) is 35.4 Å². The SMILES string of the molecule is CCN(C)C(=O)C(C)Nc1nc2cc(F)ccc2s1. The number of benzene rings is 1. The number of nitrogens with one attached hydrogen (secondary N) is 1. The average molecular weight is 281 g/mol. The zero-order chi connectivity index (χ0) is 14.0. The maximum Gasteiger partial charge on any atom is 0.244 e. The van der Waals surface area contributed by atoms with Gasteiger partial charge in [-0.1, -0.05) is 11.3 Å². The summed E-state index contributed by atoms with van der Waals surface area (Å²) < 4.78 is 14.0. The minimum Gasteiger partial charge on any atom is -0.350 e. The third-order valence-corrected chi connectivity index (χ3v) is 3.88. The Balaban J connectivity index is 2.15. The van der Waals surface area contributed by atoms with Crippen LogP contribution in [0, 0.1) is 5.82 Å². The highest BCUT2D eigenvalue weighted by molar-refractivity contribution is 7.22. The highest BCUT2D eigenvalue weighted by Crippen LogP contribution is 2.26. The van der Waals surface area contributed by atoms with Crippen LogP contribution in [0.3, 0.4) is 0 Å². The summed E-state index contributed by atoms with van der Waals surface area (Å²) in [5, 5.41) is 3.69. The molecule has 0 aliphatic rings. The van der Waals surface area contributed by atoms with Gasteiger partial charge in [0.2, 0.25) is 5.91 Å². The Morgan fingerprint density at radius 2 is 2.32 bits per heavy atom. The maximum absolute atomic E-state index is 13.1. The van der Waals surface area contributed by atoms with E-state index in [0.717, 1.165) is 4.70 Å². The molecule has 6 heteroatoms. The number of aromatic nitrogens is 1. The molecule has 0 saturated heterocycles. The number of rotatable bonds is 4. The summed E-state index contributed by atoms with van der Waals surface area (Å²) >= 11 is 1.41. The topological polar surface area (TPSA) is 45.2 Å². The number of likely N-dealkylation sites (N-methyl/N-ethyl adjacent to an activating group) is 1. The maximum atomic E-state index is 13.1. The summed E-state index contributed by atoms with van der Waals surface area (Å²) in [7, 11) is 1.76. The largest absolute Gasteiger partial charge is 0.350 e. The van der Waals surface area contributed by atoms with Crippen molar-refractivity contribution in [3.05, 3.63) is 24.0 Å². The first-order valence-corrected chi connectivity index (χ1v) is 6.90. The van der Waals surface area contributed by atoms with E-state index in [1.165, 1.54) is 23.5 Å². The second kappa shape index (κ2) is 5.52. The standard InChI is InChI=1S/C13H16FN3OS/c1-4-17(3)12(18)8(2)15-13-16-10-7-9(14)5-6-11(10)19-13/h5-8H,4H2,1-3H3,(H,15,16). The third-order valence-electron chi connectivity index (χ3n) is 2.91. The van der Waals surface area contributed by atoms with E-state index in [1.807, 2.05) is 6.92 Å². The number of hydrogen-bond acceptors (Lipinski definition) is 4. The lowest BCUT2D eigenvalue weighted by Crippen LogP contribution is -2.38. The molecule has 0 aliphatic heterocycles. The number of amides is 1. The van der Waals surface area contributed by atoms with Gasteiger partial charge < -0.3 is 10.2 Å². The summed E-state index contributed by atoms with van der Waals surface area (Å²) in [5.41, 5.74) is 0.607. The number of hydrogen-bond donors (Lipinski definition) is 1. The van der Waals surface area contributed by atoms with Crippen molar-refractivity contribution < 1.29 is 9.18 Å². The molecular weight excluding hydrogens is 265 g/mol. The highest BCUT2D eigenvalue weighted by Gasteiger charge is 2.17. The van der Waals surface area contributed by atoms with Crippen LogP contribution in [0.4, 0.5) is 9.52 Å². The van der Waals surface area contributed by atoms with E-state index < -0.39 is 0 Å². The molecule has 102 valence electrons. The minimum atomic E-state index is -0.352. The molecule has 1 N–H and O–H groups in total. The van der Waals surface area contributed by atoms with Crippen LogP contribution in [0.1, 0.15) is 13.8 Å². The van der Waals surface area contributed by atoms with Gasteiger partial charge in [0.15, 0.2) is 5.13 Å². The van der Waals surface area contributed by atoms with E-state index in [4.69, 9.17) is 0 Å². The normalized spacial score (nSPS) is 12.4. The van der Waals surface area contributed by atoms with Gasteiger partial charge in [-0.3, -0.25) is 4.79 Å². The third kappa shape index (κ3) is 3.01. The number of nitrogens with zero attached hydrogens (tertiary/aromatic N) is 2.